The van der Waals surface area contributed by atoms with E-state index in [1.807, 2.05) is 69.6 Å². The van der Waals surface area contributed by atoms with Gasteiger partial charge in [0.15, 0.2) is 5.11 Å². The molecule has 0 saturated carbocycles. The van der Waals surface area contributed by atoms with E-state index in [4.69, 9.17) is 12.2 Å². The van der Waals surface area contributed by atoms with E-state index >= 15 is 0 Å². The topological polar surface area (TPSA) is 65.4 Å². The number of benzene rings is 2. The highest BCUT2D eigenvalue weighted by Gasteiger charge is 2.41. The lowest BCUT2D eigenvalue weighted by Gasteiger charge is -2.29. The van der Waals surface area contributed by atoms with Crippen molar-refractivity contribution in [2.24, 2.45) is 0 Å². The third kappa shape index (κ3) is 5.40. The summed E-state index contributed by atoms with van der Waals surface area (Å²) in [5, 5.41) is 7.10. The van der Waals surface area contributed by atoms with Gasteiger partial charge < -0.3 is 25.0 Å². The highest BCUT2D eigenvalue weighted by molar-refractivity contribution is 7.80. The van der Waals surface area contributed by atoms with Gasteiger partial charge in [0, 0.05) is 62.2 Å². The van der Waals surface area contributed by atoms with E-state index in [0.29, 0.717) is 18.1 Å². The standard InChI is InChI=1S/C30H32N6OS/c1-21-9-11-22(12-10-21)32-27(37)17-20-36-29(28(33-30(36)38)25-7-4-5-18-31-25)26-8-6-19-35(26)24-15-13-23(14-16-24)34(2)3/h4-16,18-19,28-29H,17,20H2,1-3H3,(H,32,37)(H,33,38)/t28-,29-/m0/s1. The Kier molecular flexibility index (Phi) is 7.42. The molecule has 0 radical (unpaired) electrons. The predicted octanol–water partition coefficient (Wildman–Crippen LogP) is 5.25. The maximum atomic E-state index is 12.9. The number of pyridine rings is 1. The molecule has 3 heterocycles. The number of amides is 1. The fourth-order valence-electron chi connectivity index (χ4n) is 4.83. The number of nitrogens with zero attached hydrogens (tertiary/aromatic N) is 4. The second-order valence-corrected chi connectivity index (χ2v) is 10.1. The second kappa shape index (κ2) is 11.1. The largest absolute Gasteiger partial charge is 0.378 e. The average molecular weight is 525 g/mol. The highest BCUT2D eigenvalue weighted by atomic mass is 32.1. The molecule has 194 valence electrons. The Morgan fingerprint density at radius 1 is 1.03 bits per heavy atom. The minimum atomic E-state index is -0.154. The van der Waals surface area contributed by atoms with Crippen LogP contribution in [0.2, 0.25) is 0 Å². The van der Waals surface area contributed by atoms with Crippen molar-refractivity contribution >= 4 is 34.6 Å². The molecule has 2 N–H and O–H groups in total. The highest BCUT2D eigenvalue weighted by Crippen LogP contribution is 2.39. The van der Waals surface area contributed by atoms with Crippen LogP contribution in [0.4, 0.5) is 11.4 Å². The van der Waals surface area contributed by atoms with Crippen molar-refractivity contribution < 1.29 is 4.79 Å². The molecule has 7 nitrogen and oxygen atoms in total. The van der Waals surface area contributed by atoms with Gasteiger partial charge in [-0.25, -0.2) is 0 Å². The van der Waals surface area contributed by atoms with Crippen LogP contribution in [0.1, 0.15) is 35.5 Å². The van der Waals surface area contributed by atoms with Crippen molar-refractivity contribution in [1.29, 1.82) is 0 Å². The molecule has 0 unspecified atom stereocenters. The van der Waals surface area contributed by atoms with Gasteiger partial charge in [-0.1, -0.05) is 23.8 Å². The van der Waals surface area contributed by atoms with E-state index in [0.717, 1.165) is 34.0 Å². The number of aryl methyl sites for hydroxylation is 1. The first kappa shape index (κ1) is 25.5. The van der Waals surface area contributed by atoms with Gasteiger partial charge in [0.25, 0.3) is 0 Å². The summed E-state index contributed by atoms with van der Waals surface area (Å²) in [6.07, 6.45) is 4.17. The zero-order chi connectivity index (χ0) is 26.6. The molecule has 2 aromatic carbocycles. The number of anilines is 2. The number of carbonyl (C=O) groups excluding carboxylic acids is 1. The number of aromatic nitrogens is 2. The van der Waals surface area contributed by atoms with Crippen molar-refractivity contribution in [1.82, 2.24) is 19.8 Å². The van der Waals surface area contributed by atoms with Gasteiger partial charge in [0.05, 0.1) is 17.8 Å². The van der Waals surface area contributed by atoms with Gasteiger partial charge in [-0.2, -0.15) is 0 Å². The second-order valence-electron chi connectivity index (χ2n) is 9.70. The summed E-state index contributed by atoms with van der Waals surface area (Å²) >= 11 is 5.81. The Bertz CT molecular complexity index is 1400. The van der Waals surface area contributed by atoms with Crippen molar-refractivity contribution in [3.63, 3.8) is 0 Å². The average Bonchev–Trinajstić information content (AvgIpc) is 3.53. The fourth-order valence-corrected chi connectivity index (χ4v) is 5.16. The maximum absolute atomic E-state index is 12.9. The molecule has 1 fully saturated rings. The van der Waals surface area contributed by atoms with Crippen LogP contribution in [0.25, 0.3) is 5.69 Å². The zero-order valence-electron chi connectivity index (χ0n) is 21.8. The minimum Gasteiger partial charge on any atom is -0.378 e. The van der Waals surface area contributed by atoms with Crippen LogP contribution >= 0.6 is 12.2 Å². The maximum Gasteiger partial charge on any atom is 0.226 e. The molecule has 5 rings (SSSR count). The lowest BCUT2D eigenvalue weighted by Crippen LogP contribution is -2.33. The molecular formula is C30H32N6OS. The number of thiocarbonyl (C=S) groups is 1. The number of hydrogen-bond acceptors (Lipinski definition) is 4. The van der Waals surface area contributed by atoms with Gasteiger partial charge in [0.2, 0.25) is 5.91 Å². The molecule has 0 aliphatic carbocycles. The number of nitrogens with one attached hydrogen (secondary N) is 2. The van der Waals surface area contributed by atoms with E-state index in [1.165, 1.54) is 0 Å². The Labute approximate surface area is 229 Å². The Morgan fingerprint density at radius 3 is 2.47 bits per heavy atom. The quantitative estimate of drug-likeness (QED) is 0.307. The van der Waals surface area contributed by atoms with E-state index in [-0.39, 0.29) is 18.0 Å². The number of hydrogen-bond donors (Lipinski definition) is 2. The van der Waals surface area contributed by atoms with Crippen LogP contribution in [0.15, 0.2) is 91.3 Å². The molecule has 2 atom stereocenters. The lowest BCUT2D eigenvalue weighted by atomic mass is 10.0. The van der Waals surface area contributed by atoms with Crippen LogP contribution in [-0.4, -0.2) is 46.1 Å². The predicted molar refractivity (Wildman–Crippen MR) is 157 cm³/mol. The van der Waals surface area contributed by atoms with Crippen molar-refractivity contribution in [2.45, 2.75) is 25.4 Å². The van der Waals surface area contributed by atoms with E-state index in [9.17, 15) is 4.79 Å². The molecule has 1 saturated heterocycles. The van der Waals surface area contributed by atoms with Crippen LogP contribution in [0.3, 0.4) is 0 Å². The van der Waals surface area contributed by atoms with Crippen molar-refractivity contribution in [3.05, 3.63) is 108 Å². The smallest absolute Gasteiger partial charge is 0.226 e. The van der Waals surface area contributed by atoms with Gasteiger partial charge in [-0.15, -0.1) is 0 Å². The first-order valence-corrected chi connectivity index (χ1v) is 13.1. The Hall–Kier alpha value is -4.17. The molecule has 0 bridgehead atoms. The van der Waals surface area contributed by atoms with Crippen LogP contribution in [0, 0.1) is 6.92 Å². The summed E-state index contributed by atoms with van der Waals surface area (Å²) in [7, 11) is 4.07. The molecule has 4 aromatic rings. The van der Waals surface area contributed by atoms with E-state index < -0.39 is 0 Å². The summed E-state index contributed by atoms with van der Waals surface area (Å²) < 4.78 is 2.19. The summed E-state index contributed by atoms with van der Waals surface area (Å²) in [6.45, 7) is 2.50. The molecule has 1 aliphatic rings. The van der Waals surface area contributed by atoms with Crippen molar-refractivity contribution in [2.75, 3.05) is 30.9 Å². The fraction of sp³-hybridized carbons (Fsp3) is 0.233. The summed E-state index contributed by atoms with van der Waals surface area (Å²) in [4.78, 5) is 21.7. The number of carbonyl (C=O) groups is 1. The Balaban J connectivity index is 1.43. The van der Waals surface area contributed by atoms with Crippen LogP contribution in [0.5, 0.6) is 0 Å². The van der Waals surface area contributed by atoms with Gasteiger partial charge in [-0.3, -0.25) is 9.78 Å². The summed E-state index contributed by atoms with van der Waals surface area (Å²) in [5.41, 5.74) is 6.12. The van der Waals surface area contributed by atoms with E-state index in [2.05, 4.69) is 66.5 Å². The van der Waals surface area contributed by atoms with Gasteiger partial charge >= 0.3 is 0 Å². The summed E-state index contributed by atoms with van der Waals surface area (Å²) in [6, 6.07) is 26.1. The number of rotatable bonds is 8. The third-order valence-electron chi connectivity index (χ3n) is 6.84. The first-order chi connectivity index (χ1) is 18.4. The van der Waals surface area contributed by atoms with E-state index in [1.54, 1.807) is 6.20 Å². The normalized spacial score (nSPS) is 16.8. The van der Waals surface area contributed by atoms with Crippen LogP contribution in [-0.2, 0) is 4.79 Å². The molecule has 38 heavy (non-hydrogen) atoms. The molecule has 0 spiro atoms. The van der Waals surface area contributed by atoms with Crippen molar-refractivity contribution in [3.8, 4) is 5.69 Å². The first-order valence-electron chi connectivity index (χ1n) is 12.7. The molecule has 8 heteroatoms. The SMILES string of the molecule is Cc1ccc(NC(=O)CCN2C(=S)N[C@@H](c3ccccn3)[C@@H]2c2cccn2-c2ccc(N(C)C)cc2)cc1. The monoisotopic (exact) mass is 524 g/mol. The molecular weight excluding hydrogens is 492 g/mol. The van der Waals surface area contributed by atoms with Gasteiger partial charge in [-0.05, 0) is 79.8 Å². The minimum absolute atomic E-state index is 0.0497. The molecule has 2 aromatic heterocycles. The summed E-state index contributed by atoms with van der Waals surface area (Å²) in [5.74, 6) is -0.0497. The van der Waals surface area contributed by atoms with Crippen LogP contribution < -0.4 is 15.5 Å². The Morgan fingerprint density at radius 2 is 1.79 bits per heavy atom. The lowest BCUT2D eigenvalue weighted by molar-refractivity contribution is -0.116. The third-order valence-corrected chi connectivity index (χ3v) is 7.19. The molecule has 1 aliphatic heterocycles. The zero-order valence-corrected chi connectivity index (χ0v) is 22.7. The van der Waals surface area contributed by atoms with Gasteiger partial charge in [0.1, 0.15) is 0 Å². The molecule has 1 amide bonds.